The minimum absolute atomic E-state index is 0.0382. The molecule has 1 heterocycles. The monoisotopic (exact) mass is 360 g/mol. The van der Waals surface area contributed by atoms with Gasteiger partial charge in [0, 0.05) is 39.2 Å². The third kappa shape index (κ3) is 4.16. The Bertz CT molecular complexity index is 670. The highest BCUT2D eigenvalue weighted by molar-refractivity contribution is 7.89. The third-order valence-electron chi connectivity index (χ3n) is 3.69. The first-order valence-electron chi connectivity index (χ1n) is 7.54. The molecule has 128 valence electrons. The highest BCUT2D eigenvalue weighted by Crippen LogP contribution is 2.29. The van der Waals surface area contributed by atoms with Crippen LogP contribution in [0.25, 0.3) is 0 Å². The zero-order valence-electron chi connectivity index (χ0n) is 13.3. The van der Waals surface area contributed by atoms with Crippen molar-refractivity contribution in [2.24, 2.45) is 0 Å². The predicted octanol–water partition coefficient (Wildman–Crippen LogP) is 1.98. The summed E-state index contributed by atoms with van der Waals surface area (Å²) in [7, 11) is -3.62. The number of hydrogen-bond acceptors (Lipinski definition) is 4. The van der Waals surface area contributed by atoms with Crippen LogP contribution >= 0.6 is 11.6 Å². The molecule has 23 heavy (non-hydrogen) atoms. The van der Waals surface area contributed by atoms with Crippen LogP contribution in [0.1, 0.15) is 20.3 Å². The summed E-state index contributed by atoms with van der Waals surface area (Å²) in [5.41, 5.74) is 0. The average Bonchev–Trinajstić information content (AvgIpc) is 2.54. The Labute approximate surface area is 142 Å². The molecule has 6 nitrogen and oxygen atoms in total. The maximum absolute atomic E-state index is 12.7. The molecule has 0 atom stereocenters. The molecular weight excluding hydrogens is 340 g/mol. The van der Waals surface area contributed by atoms with Gasteiger partial charge in [-0.3, -0.25) is 4.79 Å². The maximum atomic E-state index is 12.7. The maximum Gasteiger partial charge on any atom is 0.243 e. The van der Waals surface area contributed by atoms with Gasteiger partial charge in [-0.1, -0.05) is 18.5 Å². The SMILES string of the molecule is CCCOc1cc(S(=O)(=O)N2CCN(C(C)=O)CC2)ccc1Cl. The van der Waals surface area contributed by atoms with Crippen LogP contribution in [0.15, 0.2) is 23.1 Å². The number of sulfonamides is 1. The highest BCUT2D eigenvalue weighted by atomic mass is 35.5. The second kappa shape index (κ2) is 7.51. The van der Waals surface area contributed by atoms with Crippen LogP contribution in [0.2, 0.25) is 5.02 Å². The Morgan fingerprint density at radius 2 is 1.91 bits per heavy atom. The van der Waals surface area contributed by atoms with Crippen molar-refractivity contribution in [2.75, 3.05) is 32.8 Å². The van der Waals surface area contributed by atoms with Crippen molar-refractivity contribution < 1.29 is 17.9 Å². The topological polar surface area (TPSA) is 66.9 Å². The van der Waals surface area contributed by atoms with Crippen molar-refractivity contribution in [1.82, 2.24) is 9.21 Å². The van der Waals surface area contributed by atoms with E-state index in [4.69, 9.17) is 16.3 Å². The molecule has 0 unspecified atom stereocenters. The summed E-state index contributed by atoms with van der Waals surface area (Å²) in [6.07, 6.45) is 0.806. The fraction of sp³-hybridized carbons (Fsp3) is 0.533. The van der Waals surface area contributed by atoms with Crippen LogP contribution in [0, 0.1) is 0 Å². The normalized spacial score (nSPS) is 16.4. The van der Waals surface area contributed by atoms with E-state index in [2.05, 4.69) is 0 Å². The van der Waals surface area contributed by atoms with E-state index in [1.54, 1.807) is 4.90 Å². The average molecular weight is 361 g/mol. The molecule has 0 aromatic heterocycles. The zero-order chi connectivity index (χ0) is 17.0. The molecule has 1 aromatic carbocycles. The Morgan fingerprint density at radius 3 is 2.48 bits per heavy atom. The fourth-order valence-corrected chi connectivity index (χ4v) is 3.97. The van der Waals surface area contributed by atoms with Gasteiger partial charge in [0.15, 0.2) is 0 Å². The predicted molar refractivity (Wildman–Crippen MR) is 88.3 cm³/mol. The van der Waals surface area contributed by atoms with Crippen LogP contribution in [-0.4, -0.2) is 56.3 Å². The second-order valence-corrected chi connectivity index (χ2v) is 7.70. The lowest BCUT2D eigenvalue weighted by Gasteiger charge is -2.33. The molecular formula is C15H21ClN2O4S. The van der Waals surface area contributed by atoms with Crippen LogP contribution in [0.4, 0.5) is 0 Å². The minimum Gasteiger partial charge on any atom is -0.492 e. The van der Waals surface area contributed by atoms with E-state index in [0.717, 1.165) is 6.42 Å². The van der Waals surface area contributed by atoms with E-state index in [1.807, 2.05) is 6.92 Å². The molecule has 0 N–H and O–H groups in total. The Hall–Kier alpha value is -1.31. The molecule has 0 saturated carbocycles. The van der Waals surface area contributed by atoms with Crippen LogP contribution in [0.3, 0.4) is 0 Å². The van der Waals surface area contributed by atoms with Crippen molar-refractivity contribution in [3.8, 4) is 5.75 Å². The number of amides is 1. The summed E-state index contributed by atoms with van der Waals surface area (Å²) in [5.74, 6) is 0.334. The Balaban J connectivity index is 2.18. The van der Waals surface area contributed by atoms with E-state index in [9.17, 15) is 13.2 Å². The van der Waals surface area contributed by atoms with Gasteiger partial charge in [0.2, 0.25) is 15.9 Å². The Morgan fingerprint density at radius 1 is 1.26 bits per heavy atom. The number of benzene rings is 1. The fourth-order valence-electron chi connectivity index (χ4n) is 2.36. The number of rotatable bonds is 5. The van der Waals surface area contributed by atoms with Crippen molar-refractivity contribution in [3.05, 3.63) is 23.2 Å². The summed E-state index contributed by atoms with van der Waals surface area (Å²) in [6, 6.07) is 4.48. The summed E-state index contributed by atoms with van der Waals surface area (Å²) in [6.45, 7) is 5.30. The summed E-state index contributed by atoms with van der Waals surface area (Å²) in [4.78, 5) is 13.1. The molecule has 1 amide bonds. The van der Waals surface area contributed by atoms with Crippen LogP contribution < -0.4 is 4.74 Å². The largest absolute Gasteiger partial charge is 0.492 e. The van der Waals surface area contributed by atoms with Gasteiger partial charge < -0.3 is 9.64 Å². The smallest absolute Gasteiger partial charge is 0.243 e. The molecule has 1 aliphatic rings. The van der Waals surface area contributed by atoms with Gasteiger partial charge in [0.05, 0.1) is 16.5 Å². The number of ether oxygens (including phenoxy) is 1. The van der Waals surface area contributed by atoms with Gasteiger partial charge in [0.25, 0.3) is 0 Å². The molecule has 1 fully saturated rings. The van der Waals surface area contributed by atoms with Gasteiger partial charge in [-0.15, -0.1) is 0 Å². The number of hydrogen-bond donors (Lipinski definition) is 0. The summed E-state index contributed by atoms with van der Waals surface area (Å²) < 4.78 is 32.3. The highest BCUT2D eigenvalue weighted by Gasteiger charge is 2.29. The van der Waals surface area contributed by atoms with E-state index >= 15 is 0 Å². The van der Waals surface area contributed by atoms with E-state index < -0.39 is 10.0 Å². The molecule has 1 aromatic rings. The van der Waals surface area contributed by atoms with Gasteiger partial charge in [-0.2, -0.15) is 4.31 Å². The summed E-state index contributed by atoms with van der Waals surface area (Å²) >= 11 is 6.04. The molecule has 1 aliphatic heterocycles. The Kier molecular flexibility index (Phi) is 5.89. The lowest BCUT2D eigenvalue weighted by Crippen LogP contribution is -2.49. The van der Waals surface area contributed by atoms with Gasteiger partial charge in [0.1, 0.15) is 5.75 Å². The second-order valence-electron chi connectivity index (χ2n) is 5.35. The van der Waals surface area contributed by atoms with Gasteiger partial charge >= 0.3 is 0 Å². The van der Waals surface area contributed by atoms with Crippen molar-refractivity contribution in [2.45, 2.75) is 25.2 Å². The molecule has 8 heteroatoms. The summed E-state index contributed by atoms with van der Waals surface area (Å²) in [5, 5.41) is 0.388. The molecule has 0 bridgehead atoms. The first-order valence-corrected chi connectivity index (χ1v) is 9.36. The molecule has 0 aliphatic carbocycles. The number of carbonyl (C=O) groups excluding carboxylic acids is 1. The lowest BCUT2D eigenvalue weighted by atomic mass is 10.3. The van der Waals surface area contributed by atoms with Crippen molar-refractivity contribution in [3.63, 3.8) is 0 Å². The van der Waals surface area contributed by atoms with Crippen LogP contribution in [-0.2, 0) is 14.8 Å². The molecule has 0 radical (unpaired) electrons. The number of halogens is 1. The first-order chi connectivity index (χ1) is 10.9. The number of carbonyl (C=O) groups is 1. The molecule has 1 saturated heterocycles. The molecule has 2 rings (SSSR count). The quantitative estimate of drug-likeness (QED) is 0.805. The lowest BCUT2D eigenvalue weighted by molar-refractivity contribution is -0.129. The zero-order valence-corrected chi connectivity index (χ0v) is 14.9. The number of nitrogens with zero attached hydrogens (tertiary/aromatic N) is 2. The van der Waals surface area contributed by atoms with E-state index in [0.29, 0.717) is 30.5 Å². The van der Waals surface area contributed by atoms with E-state index in [1.165, 1.54) is 29.4 Å². The van der Waals surface area contributed by atoms with Gasteiger partial charge in [-0.25, -0.2) is 8.42 Å². The third-order valence-corrected chi connectivity index (χ3v) is 5.89. The standard InChI is InChI=1S/C15H21ClN2O4S/c1-3-10-22-15-11-13(4-5-14(15)16)23(20,21)18-8-6-17(7-9-18)12(2)19/h4-5,11H,3,6-10H2,1-2H3. The number of piperazine rings is 1. The first kappa shape index (κ1) is 18.0. The minimum atomic E-state index is -3.62. The van der Waals surface area contributed by atoms with Crippen LogP contribution in [0.5, 0.6) is 5.75 Å². The van der Waals surface area contributed by atoms with E-state index in [-0.39, 0.29) is 23.9 Å². The molecule has 0 spiro atoms. The van der Waals surface area contributed by atoms with Gasteiger partial charge in [-0.05, 0) is 18.6 Å². The van der Waals surface area contributed by atoms with Crippen molar-refractivity contribution >= 4 is 27.5 Å². The van der Waals surface area contributed by atoms with Crippen molar-refractivity contribution in [1.29, 1.82) is 0 Å².